The van der Waals surface area contributed by atoms with Crippen LogP contribution in [0.5, 0.6) is 0 Å². The van der Waals surface area contributed by atoms with Crippen LogP contribution in [0.2, 0.25) is 0 Å². The average molecular weight is 361 g/mol. The standard InChI is InChI=1S/C20H32N4O2/c1-14(2)12-16-13-17(22(5)21-16)19(26)23-10-7-9-20(4)18(23)8-6-11-24(20)15(3)25/h13-14,18H,6-12H2,1-5H3/t18-,20-/m0/s1. The van der Waals surface area contributed by atoms with Crippen molar-refractivity contribution in [3.63, 3.8) is 0 Å². The van der Waals surface area contributed by atoms with Crippen LogP contribution in [0.3, 0.4) is 0 Å². The summed E-state index contributed by atoms with van der Waals surface area (Å²) in [6, 6.07) is 2.03. The van der Waals surface area contributed by atoms with Crippen molar-refractivity contribution in [3.8, 4) is 0 Å². The van der Waals surface area contributed by atoms with Gasteiger partial charge in [-0.2, -0.15) is 5.10 Å². The van der Waals surface area contributed by atoms with Gasteiger partial charge in [0.05, 0.1) is 17.3 Å². The molecular weight excluding hydrogens is 328 g/mol. The summed E-state index contributed by atoms with van der Waals surface area (Å²) >= 11 is 0. The zero-order chi connectivity index (χ0) is 19.1. The van der Waals surface area contributed by atoms with Crippen molar-refractivity contribution < 1.29 is 9.59 Å². The monoisotopic (exact) mass is 360 g/mol. The van der Waals surface area contributed by atoms with Crippen LogP contribution in [0.1, 0.15) is 69.6 Å². The highest BCUT2D eigenvalue weighted by Gasteiger charge is 2.49. The number of amides is 2. The van der Waals surface area contributed by atoms with E-state index >= 15 is 0 Å². The van der Waals surface area contributed by atoms with Gasteiger partial charge in [0.2, 0.25) is 5.91 Å². The fourth-order valence-electron chi connectivity index (χ4n) is 4.90. The molecule has 0 spiro atoms. The van der Waals surface area contributed by atoms with Gasteiger partial charge in [0.25, 0.3) is 5.91 Å². The second-order valence-corrected chi connectivity index (χ2v) is 8.53. The van der Waals surface area contributed by atoms with Gasteiger partial charge >= 0.3 is 0 Å². The maximum absolute atomic E-state index is 13.4. The van der Waals surface area contributed by atoms with Crippen molar-refractivity contribution >= 4 is 11.8 Å². The Morgan fingerprint density at radius 3 is 2.69 bits per heavy atom. The van der Waals surface area contributed by atoms with E-state index in [1.807, 2.05) is 22.9 Å². The number of fused-ring (bicyclic) bond motifs is 1. The fourth-order valence-corrected chi connectivity index (χ4v) is 4.90. The Bertz CT molecular complexity index is 696. The molecule has 0 N–H and O–H groups in total. The zero-order valence-corrected chi connectivity index (χ0v) is 16.8. The number of rotatable bonds is 3. The van der Waals surface area contributed by atoms with Crippen LogP contribution >= 0.6 is 0 Å². The van der Waals surface area contributed by atoms with Crippen LogP contribution in [-0.4, -0.2) is 56.1 Å². The van der Waals surface area contributed by atoms with Gasteiger partial charge in [-0.1, -0.05) is 13.8 Å². The first-order valence-corrected chi connectivity index (χ1v) is 9.86. The smallest absolute Gasteiger partial charge is 0.272 e. The van der Waals surface area contributed by atoms with Crippen molar-refractivity contribution in [2.24, 2.45) is 13.0 Å². The number of carbonyl (C=O) groups is 2. The van der Waals surface area contributed by atoms with E-state index in [2.05, 4.69) is 25.9 Å². The highest BCUT2D eigenvalue weighted by molar-refractivity contribution is 5.93. The number of hydrogen-bond donors (Lipinski definition) is 0. The molecule has 6 heteroatoms. The van der Waals surface area contributed by atoms with Gasteiger partial charge in [-0.3, -0.25) is 14.3 Å². The van der Waals surface area contributed by atoms with E-state index in [1.54, 1.807) is 11.6 Å². The molecule has 0 aromatic carbocycles. The number of likely N-dealkylation sites (tertiary alicyclic amines) is 2. The summed E-state index contributed by atoms with van der Waals surface area (Å²) < 4.78 is 1.72. The first kappa shape index (κ1) is 18.9. The van der Waals surface area contributed by atoms with E-state index in [0.717, 1.165) is 50.9 Å². The number of piperidine rings is 2. The summed E-state index contributed by atoms with van der Waals surface area (Å²) in [5.74, 6) is 0.677. The molecular formula is C20H32N4O2. The number of hydrogen-bond acceptors (Lipinski definition) is 3. The summed E-state index contributed by atoms with van der Waals surface area (Å²) in [5, 5.41) is 4.54. The Balaban J connectivity index is 1.88. The minimum atomic E-state index is -0.253. The minimum Gasteiger partial charge on any atom is -0.335 e. The summed E-state index contributed by atoms with van der Waals surface area (Å²) in [6.45, 7) is 9.68. The first-order valence-electron chi connectivity index (χ1n) is 9.86. The largest absolute Gasteiger partial charge is 0.335 e. The Morgan fingerprint density at radius 2 is 2.04 bits per heavy atom. The number of carbonyl (C=O) groups excluding carboxylic acids is 2. The van der Waals surface area contributed by atoms with E-state index in [0.29, 0.717) is 11.6 Å². The van der Waals surface area contributed by atoms with E-state index in [1.165, 1.54) is 0 Å². The molecule has 0 bridgehead atoms. The maximum atomic E-state index is 13.4. The van der Waals surface area contributed by atoms with E-state index in [-0.39, 0.29) is 23.4 Å². The maximum Gasteiger partial charge on any atom is 0.272 e. The molecule has 1 aromatic heterocycles. The second-order valence-electron chi connectivity index (χ2n) is 8.53. The Labute approximate surface area is 156 Å². The number of aryl methyl sites for hydroxylation is 1. The highest BCUT2D eigenvalue weighted by atomic mass is 16.2. The third-order valence-electron chi connectivity index (χ3n) is 6.06. The van der Waals surface area contributed by atoms with Crippen molar-refractivity contribution in [1.82, 2.24) is 19.6 Å². The molecule has 26 heavy (non-hydrogen) atoms. The summed E-state index contributed by atoms with van der Waals surface area (Å²) in [6.07, 6.45) is 4.68. The van der Waals surface area contributed by atoms with Gasteiger partial charge in [0.1, 0.15) is 5.69 Å². The van der Waals surface area contributed by atoms with Crippen molar-refractivity contribution in [1.29, 1.82) is 0 Å². The van der Waals surface area contributed by atoms with Crippen LogP contribution in [0, 0.1) is 5.92 Å². The van der Waals surface area contributed by atoms with Gasteiger partial charge in [0, 0.05) is 27.1 Å². The Kier molecular flexibility index (Phi) is 5.13. The highest BCUT2D eigenvalue weighted by Crippen LogP contribution is 2.39. The lowest BCUT2D eigenvalue weighted by Crippen LogP contribution is -2.68. The van der Waals surface area contributed by atoms with Gasteiger partial charge in [-0.05, 0) is 51.0 Å². The summed E-state index contributed by atoms with van der Waals surface area (Å²) in [4.78, 5) is 29.5. The van der Waals surface area contributed by atoms with Gasteiger partial charge < -0.3 is 9.80 Å². The van der Waals surface area contributed by atoms with E-state index in [9.17, 15) is 9.59 Å². The zero-order valence-electron chi connectivity index (χ0n) is 16.8. The molecule has 144 valence electrons. The predicted octanol–water partition coefficient (Wildman–Crippen LogP) is 2.62. The number of nitrogens with zero attached hydrogens (tertiary/aromatic N) is 4. The molecule has 2 amide bonds. The van der Waals surface area contributed by atoms with Crippen LogP contribution in [0.25, 0.3) is 0 Å². The molecule has 2 atom stereocenters. The topological polar surface area (TPSA) is 58.4 Å². The molecule has 0 unspecified atom stereocenters. The molecule has 0 radical (unpaired) electrons. The van der Waals surface area contributed by atoms with Gasteiger partial charge in [-0.15, -0.1) is 0 Å². The molecule has 2 saturated heterocycles. The quantitative estimate of drug-likeness (QED) is 0.832. The van der Waals surface area contributed by atoms with E-state index < -0.39 is 0 Å². The SMILES string of the molecule is CC(=O)N1CCC[C@@H]2N(C(=O)c3cc(CC(C)C)nn3C)CCC[C@@]21C. The van der Waals surface area contributed by atoms with Crippen LogP contribution in [0.15, 0.2) is 6.07 Å². The molecule has 2 fully saturated rings. The van der Waals surface area contributed by atoms with Gasteiger partial charge in [0.15, 0.2) is 0 Å². The lowest BCUT2D eigenvalue weighted by Gasteiger charge is -2.56. The lowest BCUT2D eigenvalue weighted by molar-refractivity contribution is -0.143. The molecule has 3 rings (SSSR count). The predicted molar refractivity (Wildman–Crippen MR) is 101 cm³/mol. The lowest BCUT2D eigenvalue weighted by atomic mass is 9.76. The first-order chi connectivity index (χ1) is 12.2. The summed E-state index contributed by atoms with van der Waals surface area (Å²) in [5.41, 5.74) is 1.38. The molecule has 2 aliphatic rings. The molecule has 0 aliphatic carbocycles. The molecule has 6 nitrogen and oxygen atoms in total. The fraction of sp³-hybridized carbons (Fsp3) is 0.750. The van der Waals surface area contributed by atoms with E-state index in [4.69, 9.17) is 0 Å². The molecule has 1 aromatic rings. The number of aromatic nitrogens is 2. The van der Waals surface area contributed by atoms with Crippen molar-refractivity contribution in [2.45, 2.75) is 71.4 Å². The van der Waals surface area contributed by atoms with Crippen LogP contribution in [0.4, 0.5) is 0 Å². The Morgan fingerprint density at radius 1 is 1.31 bits per heavy atom. The third kappa shape index (κ3) is 3.26. The third-order valence-corrected chi connectivity index (χ3v) is 6.06. The van der Waals surface area contributed by atoms with Crippen LogP contribution in [-0.2, 0) is 18.3 Å². The average Bonchev–Trinajstić information content (AvgIpc) is 2.91. The molecule has 3 heterocycles. The molecule has 0 saturated carbocycles. The van der Waals surface area contributed by atoms with Crippen LogP contribution < -0.4 is 0 Å². The minimum absolute atomic E-state index is 0.0522. The Hall–Kier alpha value is -1.85. The van der Waals surface area contributed by atoms with Crippen molar-refractivity contribution in [2.75, 3.05) is 13.1 Å². The molecule has 2 aliphatic heterocycles. The summed E-state index contributed by atoms with van der Waals surface area (Å²) in [7, 11) is 1.85. The van der Waals surface area contributed by atoms with Crippen molar-refractivity contribution in [3.05, 3.63) is 17.5 Å². The van der Waals surface area contributed by atoms with Gasteiger partial charge in [-0.25, -0.2) is 0 Å². The normalized spacial score (nSPS) is 26.2. The second kappa shape index (κ2) is 7.05.